The number of carbonyl (C=O) groups excluding carboxylic acids is 1. The van der Waals surface area contributed by atoms with Crippen LogP contribution in [-0.4, -0.2) is 126 Å². The fourth-order valence-electron chi connectivity index (χ4n) is 5.27. The number of hydrogen-bond donors (Lipinski definition) is 6. The number of rotatable bonds is 9. The SMILES string of the molecule is COc1ccc(C2CC(=O)c3c(OC)cc(O[C@@H]4O[C@H](CO[C@H]5OC[C@@H](O)[C@H](O)[C@H]5O)[C@@H](O)[C@H](O)[C@H]4O)cc3O2)cc1OC. The number of benzene rings is 2. The van der Waals surface area contributed by atoms with Gasteiger partial charge in [-0.25, -0.2) is 0 Å². The Morgan fingerprint density at radius 3 is 2.20 bits per heavy atom. The van der Waals surface area contributed by atoms with Crippen molar-refractivity contribution in [1.29, 1.82) is 0 Å². The van der Waals surface area contributed by atoms with E-state index in [2.05, 4.69) is 0 Å². The molecule has 6 N–H and O–H groups in total. The lowest BCUT2D eigenvalue weighted by molar-refractivity contribution is -0.307. The molecule has 1 unspecified atom stereocenters. The molecule has 15 heteroatoms. The second-order valence-electron chi connectivity index (χ2n) is 10.6. The van der Waals surface area contributed by atoms with Gasteiger partial charge in [0.25, 0.3) is 0 Å². The number of methoxy groups -OCH3 is 3. The van der Waals surface area contributed by atoms with Crippen LogP contribution in [0.3, 0.4) is 0 Å². The molecular formula is C29H36O15. The van der Waals surface area contributed by atoms with E-state index in [1.165, 1.54) is 33.5 Å². The molecule has 0 bridgehead atoms. The number of fused-ring (bicyclic) bond motifs is 1. The van der Waals surface area contributed by atoms with Gasteiger partial charge in [0.05, 0.1) is 41.0 Å². The first-order chi connectivity index (χ1) is 21.1. The van der Waals surface area contributed by atoms with E-state index < -0.39 is 68.0 Å². The molecule has 15 nitrogen and oxygen atoms in total. The molecule has 0 radical (unpaired) electrons. The highest BCUT2D eigenvalue weighted by molar-refractivity contribution is 6.02. The van der Waals surface area contributed by atoms with Crippen molar-refractivity contribution in [3.05, 3.63) is 41.5 Å². The van der Waals surface area contributed by atoms with Crippen LogP contribution < -0.4 is 23.7 Å². The maximum absolute atomic E-state index is 13.2. The fraction of sp³-hybridized carbons (Fsp3) is 0.552. The van der Waals surface area contributed by atoms with Crippen LogP contribution in [0.4, 0.5) is 0 Å². The minimum absolute atomic E-state index is 0.0185. The molecule has 0 amide bonds. The van der Waals surface area contributed by atoms with Gasteiger partial charge in [0.1, 0.15) is 71.6 Å². The van der Waals surface area contributed by atoms with Crippen LogP contribution in [0.2, 0.25) is 0 Å². The highest BCUT2D eigenvalue weighted by Gasteiger charge is 2.46. The summed E-state index contributed by atoms with van der Waals surface area (Å²) in [4.78, 5) is 13.2. The van der Waals surface area contributed by atoms with Gasteiger partial charge in [0.2, 0.25) is 6.29 Å². The molecule has 3 heterocycles. The van der Waals surface area contributed by atoms with Crippen LogP contribution in [0.5, 0.6) is 28.7 Å². The Labute approximate surface area is 252 Å². The van der Waals surface area contributed by atoms with Gasteiger partial charge < -0.3 is 68.5 Å². The summed E-state index contributed by atoms with van der Waals surface area (Å²) in [6.45, 7) is -0.755. The summed E-state index contributed by atoms with van der Waals surface area (Å²) in [5.74, 6) is 1.06. The lowest BCUT2D eigenvalue weighted by atomic mass is 9.95. The summed E-state index contributed by atoms with van der Waals surface area (Å²) < 4.78 is 44.5. The van der Waals surface area contributed by atoms with Crippen LogP contribution in [0, 0.1) is 0 Å². The van der Waals surface area contributed by atoms with Gasteiger partial charge in [-0.2, -0.15) is 0 Å². The van der Waals surface area contributed by atoms with Crippen molar-refractivity contribution in [2.24, 2.45) is 0 Å². The third-order valence-corrected chi connectivity index (χ3v) is 7.76. The molecule has 3 aliphatic heterocycles. The van der Waals surface area contributed by atoms with Crippen LogP contribution in [0.15, 0.2) is 30.3 Å². The normalized spacial score (nSPS) is 33.6. The minimum atomic E-state index is -1.72. The van der Waals surface area contributed by atoms with Crippen LogP contribution >= 0.6 is 0 Å². The van der Waals surface area contributed by atoms with Crippen molar-refractivity contribution in [2.45, 2.75) is 67.8 Å². The van der Waals surface area contributed by atoms with Gasteiger partial charge in [0.15, 0.2) is 23.6 Å². The first-order valence-corrected chi connectivity index (χ1v) is 13.8. The molecule has 0 saturated carbocycles. The van der Waals surface area contributed by atoms with Crippen LogP contribution in [0.1, 0.15) is 28.4 Å². The maximum Gasteiger partial charge on any atom is 0.229 e. The van der Waals surface area contributed by atoms with Gasteiger partial charge >= 0.3 is 0 Å². The minimum Gasteiger partial charge on any atom is -0.496 e. The zero-order chi connectivity index (χ0) is 31.7. The monoisotopic (exact) mass is 624 g/mol. The lowest BCUT2D eigenvalue weighted by Gasteiger charge is -2.41. The van der Waals surface area contributed by atoms with Gasteiger partial charge in [-0.05, 0) is 17.7 Å². The Balaban J connectivity index is 1.33. The van der Waals surface area contributed by atoms with Crippen molar-refractivity contribution in [3.8, 4) is 28.7 Å². The van der Waals surface area contributed by atoms with Gasteiger partial charge in [-0.1, -0.05) is 6.07 Å². The van der Waals surface area contributed by atoms with E-state index in [4.69, 9.17) is 37.9 Å². The number of hydrogen-bond acceptors (Lipinski definition) is 15. The largest absolute Gasteiger partial charge is 0.496 e. The van der Waals surface area contributed by atoms with Crippen molar-refractivity contribution < 1.29 is 73.3 Å². The van der Waals surface area contributed by atoms with Crippen molar-refractivity contribution in [2.75, 3.05) is 34.5 Å². The third-order valence-electron chi connectivity index (χ3n) is 7.76. The van der Waals surface area contributed by atoms with E-state index in [1.807, 2.05) is 0 Å². The van der Waals surface area contributed by atoms with E-state index in [0.717, 1.165) is 0 Å². The third kappa shape index (κ3) is 6.28. The molecule has 5 rings (SSSR count). The van der Waals surface area contributed by atoms with E-state index in [1.54, 1.807) is 18.2 Å². The molecule has 2 saturated heterocycles. The second-order valence-corrected chi connectivity index (χ2v) is 10.6. The van der Waals surface area contributed by atoms with Gasteiger partial charge in [-0.15, -0.1) is 0 Å². The number of Topliss-reactive ketones (excluding diaryl/α,β-unsaturated/α-hetero) is 1. The Morgan fingerprint density at radius 2 is 1.50 bits per heavy atom. The number of aliphatic hydroxyl groups is 6. The van der Waals surface area contributed by atoms with Crippen molar-refractivity contribution in [3.63, 3.8) is 0 Å². The molecule has 3 aliphatic rings. The molecule has 2 fully saturated rings. The Morgan fingerprint density at radius 1 is 0.795 bits per heavy atom. The maximum atomic E-state index is 13.2. The summed E-state index contributed by atoms with van der Waals surface area (Å²) >= 11 is 0. The average Bonchev–Trinajstić information content (AvgIpc) is 3.03. The molecule has 242 valence electrons. The average molecular weight is 625 g/mol. The van der Waals surface area contributed by atoms with Crippen molar-refractivity contribution >= 4 is 5.78 Å². The summed E-state index contributed by atoms with van der Waals surface area (Å²) in [5, 5.41) is 61.3. The van der Waals surface area contributed by atoms with E-state index >= 15 is 0 Å². The number of ether oxygens (including phenoxy) is 8. The van der Waals surface area contributed by atoms with Gasteiger partial charge in [0, 0.05) is 12.1 Å². The Kier molecular flexibility index (Phi) is 9.79. The predicted molar refractivity (Wildman–Crippen MR) is 146 cm³/mol. The van der Waals surface area contributed by atoms with E-state index in [-0.39, 0.29) is 41.6 Å². The molecule has 10 atom stereocenters. The molecule has 2 aromatic rings. The predicted octanol–water partition coefficient (Wildman–Crippen LogP) is -0.939. The lowest BCUT2D eigenvalue weighted by Crippen LogP contribution is -2.61. The zero-order valence-corrected chi connectivity index (χ0v) is 24.1. The molecular weight excluding hydrogens is 588 g/mol. The molecule has 44 heavy (non-hydrogen) atoms. The molecule has 0 aliphatic carbocycles. The smallest absolute Gasteiger partial charge is 0.229 e. The highest BCUT2D eigenvalue weighted by atomic mass is 16.7. The molecule has 2 aromatic carbocycles. The van der Waals surface area contributed by atoms with E-state index in [9.17, 15) is 35.4 Å². The quantitative estimate of drug-likeness (QED) is 0.199. The number of carbonyl (C=O) groups is 1. The fourth-order valence-corrected chi connectivity index (χ4v) is 5.27. The molecule has 0 spiro atoms. The molecule has 0 aromatic heterocycles. The summed E-state index contributed by atoms with van der Waals surface area (Å²) in [6, 6.07) is 7.98. The second kappa shape index (κ2) is 13.4. The van der Waals surface area contributed by atoms with Crippen LogP contribution in [0.25, 0.3) is 0 Å². The summed E-state index contributed by atoms with van der Waals surface area (Å²) in [5.41, 5.74) is 0.855. The topological polar surface area (TPSA) is 212 Å². The Bertz CT molecular complexity index is 1320. The standard InChI is InChI=1S/C29H36O15/c1-37-16-5-4-12(6-18(16)38-2)17-9-14(30)22-19(39-3)7-13(8-20(22)43-17)42-29-27(36)25(34)24(33)21(44-29)11-41-28-26(35)23(32)15(31)10-40-28/h4-8,15,17,21,23-29,31-36H,9-11H2,1-3H3/t15-,17?,21-,23+,24-,25+,26-,27-,28-,29-/m1/s1. The summed E-state index contributed by atoms with van der Waals surface area (Å²) in [7, 11) is 4.37. The van der Waals surface area contributed by atoms with Crippen molar-refractivity contribution in [1.82, 2.24) is 0 Å². The number of ketones is 1. The number of aliphatic hydroxyl groups excluding tert-OH is 6. The first-order valence-electron chi connectivity index (χ1n) is 13.8. The zero-order valence-electron chi connectivity index (χ0n) is 24.1. The van der Waals surface area contributed by atoms with Crippen LogP contribution in [-0.2, 0) is 14.2 Å². The Hall–Kier alpha value is -3.25. The van der Waals surface area contributed by atoms with Gasteiger partial charge in [-0.3, -0.25) is 4.79 Å². The highest BCUT2D eigenvalue weighted by Crippen LogP contribution is 2.44. The first kappa shape index (κ1) is 32.2. The summed E-state index contributed by atoms with van der Waals surface area (Å²) in [6.07, 6.45) is -14.3. The van der Waals surface area contributed by atoms with E-state index in [0.29, 0.717) is 17.1 Å².